The van der Waals surface area contributed by atoms with Crippen LogP contribution in [0, 0.1) is 18.3 Å². The van der Waals surface area contributed by atoms with Gasteiger partial charge >= 0.3 is 0 Å². The third-order valence-electron chi connectivity index (χ3n) is 7.16. The van der Waals surface area contributed by atoms with E-state index in [-0.39, 0.29) is 12.5 Å². The molecule has 0 aliphatic carbocycles. The van der Waals surface area contributed by atoms with Gasteiger partial charge in [0.15, 0.2) is 11.5 Å². The average molecular weight is 581 g/mol. The molecule has 1 heterocycles. The van der Waals surface area contributed by atoms with Crippen LogP contribution < -0.4 is 14.9 Å². The quantitative estimate of drug-likeness (QED) is 0.100. The second kappa shape index (κ2) is 13.9. The number of carbonyl (C=O) groups excluding carboxylic acids is 1. The highest BCUT2D eigenvalue weighted by Gasteiger charge is 2.14. The van der Waals surface area contributed by atoms with Gasteiger partial charge in [-0.3, -0.25) is 4.79 Å². The number of nitrogens with zero attached hydrogens (tertiary/aromatic N) is 3. The molecule has 1 aromatic heterocycles. The Morgan fingerprint density at radius 2 is 1.73 bits per heavy atom. The molecule has 0 atom stereocenters. The molecule has 0 unspecified atom stereocenters. The highest BCUT2D eigenvalue weighted by Crippen LogP contribution is 2.34. The summed E-state index contributed by atoms with van der Waals surface area (Å²) in [6, 6.07) is 35.0. The number of carbonyl (C=O) groups is 1. The van der Waals surface area contributed by atoms with Crippen LogP contribution in [0.2, 0.25) is 0 Å². The van der Waals surface area contributed by atoms with Crippen molar-refractivity contribution in [3.8, 4) is 34.5 Å². The van der Waals surface area contributed by atoms with E-state index >= 15 is 0 Å². The Hall–Kier alpha value is -5.87. The molecule has 0 fully saturated rings. The number of hydrogen-bond acceptors (Lipinski definition) is 5. The molecule has 1 N–H and O–H groups in total. The lowest BCUT2D eigenvalue weighted by Gasteiger charge is -2.16. The second-order valence-corrected chi connectivity index (χ2v) is 10.1. The molecular formula is C37H32N4O3. The van der Waals surface area contributed by atoms with Gasteiger partial charge in [0.1, 0.15) is 6.61 Å². The van der Waals surface area contributed by atoms with E-state index in [4.69, 9.17) is 9.47 Å². The Bertz CT molecular complexity index is 1850. The van der Waals surface area contributed by atoms with Crippen molar-refractivity contribution in [2.75, 3.05) is 7.11 Å². The molecule has 0 bridgehead atoms. The van der Waals surface area contributed by atoms with Gasteiger partial charge in [-0.25, -0.2) is 5.43 Å². The van der Waals surface area contributed by atoms with Crippen LogP contribution in [-0.2, 0) is 13.0 Å². The van der Waals surface area contributed by atoms with Gasteiger partial charge in [0.2, 0.25) is 0 Å². The second-order valence-electron chi connectivity index (χ2n) is 10.1. The Kier molecular flexibility index (Phi) is 9.33. The molecule has 0 saturated carbocycles. The fourth-order valence-corrected chi connectivity index (χ4v) is 4.99. The number of hydrogen-bond donors (Lipinski definition) is 1. The highest BCUT2D eigenvalue weighted by atomic mass is 16.5. The van der Waals surface area contributed by atoms with E-state index in [0.717, 1.165) is 39.3 Å². The average Bonchev–Trinajstić information content (AvgIpc) is 3.45. The van der Waals surface area contributed by atoms with Crippen LogP contribution in [0.5, 0.6) is 11.5 Å². The SMILES string of the molecule is C=CCc1cc(/C=N/NC(=O)c2ccc(-n3c(C)ccc3-c3ccccc3)cc2)cc(OC)c1OCc1ccccc1C#N. The van der Waals surface area contributed by atoms with Crippen molar-refractivity contribution in [1.29, 1.82) is 5.26 Å². The summed E-state index contributed by atoms with van der Waals surface area (Å²) in [7, 11) is 1.56. The molecule has 5 rings (SSSR count). The maximum absolute atomic E-state index is 12.9. The molecule has 1 amide bonds. The van der Waals surface area contributed by atoms with Gasteiger partial charge in [0.05, 0.1) is 30.7 Å². The van der Waals surface area contributed by atoms with Crippen molar-refractivity contribution in [2.45, 2.75) is 20.0 Å². The summed E-state index contributed by atoms with van der Waals surface area (Å²) in [6.07, 6.45) is 3.86. The molecular weight excluding hydrogens is 548 g/mol. The fourth-order valence-electron chi connectivity index (χ4n) is 4.99. The molecule has 0 aliphatic heterocycles. The minimum absolute atomic E-state index is 0.212. The molecule has 0 spiro atoms. The van der Waals surface area contributed by atoms with Crippen molar-refractivity contribution >= 4 is 12.1 Å². The first-order valence-electron chi connectivity index (χ1n) is 14.1. The number of amides is 1. The molecule has 0 aliphatic rings. The first-order valence-corrected chi connectivity index (χ1v) is 14.1. The summed E-state index contributed by atoms with van der Waals surface area (Å²) in [5.41, 5.74) is 10.3. The summed E-state index contributed by atoms with van der Waals surface area (Å²) < 4.78 is 13.9. The Morgan fingerprint density at radius 1 is 0.977 bits per heavy atom. The predicted octanol–water partition coefficient (Wildman–Crippen LogP) is 7.40. The van der Waals surface area contributed by atoms with E-state index in [0.29, 0.717) is 29.0 Å². The minimum Gasteiger partial charge on any atom is -0.493 e. The van der Waals surface area contributed by atoms with Crippen LogP contribution in [0.1, 0.15) is 38.3 Å². The van der Waals surface area contributed by atoms with Crippen LogP contribution in [0.3, 0.4) is 0 Å². The van der Waals surface area contributed by atoms with E-state index < -0.39 is 0 Å². The maximum Gasteiger partial charge on any atom is 0.271 e. The standard InChI is InChI=1S/C37H32N4O3/c1-4-10-30-21-27(22-35(43-3)36(30)44-25-32-14-9-8-13-31(32)23-38)24-39-40-37(42)29-16-18-33(19-17-29)41-26(2)15-20-34(41)28-11-6-5-7-12-28/h4-9,11-22,24H,1,10,25H2,2-3H3,(H,40,42)/b39-24+. The van der Waals surface area contributed by atoms with E-state index in [2.05, 4.69) is 58.9 Å². The zero-order chi connectivity index (χ0) is 30.9. The summed E-state index contributed by atoms with van der Waals surface area (Å²) in [6.45, 7) is 6.13. The Balaban J connectivity index is 1.29. The highest BCUT2D eigenvalue weighted by molar-refractivity contribution is 5.95. The number of aromatic nitrogens is 1. The minimum atomic E-state index is -0.324. The molecule has 7 heteroatoms. The van der Waals surface area contributed by atoms with E-state index in [9.17, 15) is 10.1 Å². The molecule has 4 aromatic carbocycles. The summed E-state index contributed by atoms with van der Waals surface area (Å²) in [4.78, 5) is 12.9. The van der Waals surface area contributed by atoms with Crippen molar-refractivity contribution in [2.24, 2.45) is 5.10 Å². The van der Waals surface area contributed by atoms with Crippen molar-refractivity contribution in [3.05, 3.63) is 149 Å². The van der Waals surface area contributed by atoms with Crippen LogP contribution in [0.4, 0.5) is 0 Å². The van der Waals surface area contributed by atoms with Gasteiger partial charge < -0.3 is 14.0 Å². The van der Waals surface area contributed by atoms with Crippen LogP contribution in [0.25, 0.3) is 16.9 Å². The Labute approximate surface area is 257 Å². The summed E-state index contributed by atoms with van der Waals surface area (Å²) in [5, 5.41) is 13.6. The first-order chi connectivity index (χ1) is 21.5. The third-order valence-corrected chi connectivity index (χ3v) is 7.16. The summed E-state index contributed by atoms with van der Waals surface area (Å²) in [5.74, 6) is 0.752. The molecule has 7 nitrogen and oxygen atoms in total. The lowest BCUT2D eigenvalue weighted by Crippen LogP contribution is -2.17. The smallest absolute Gasteiger partial charge is 0.271 e. The topological polar surface area (TPSA) is 88.6 Å². The van der Waals surface area contributed by atoms with Gasteiger partial charge in [-0.05, 0) is 79.1 Å². The predicted molar refractivity (Wildman–Crippen MR) is 173 cm³/mol. The first kappa shape index (κ1) is 29.6. The maximum atomic E-state index is 12.9. The van der Waals surface area contributed by atoms with Gasteiger partial charge in [-0.15, -0.1) is 6.58 Å². The van der Waals surface area contributed by atoms with Crippen LogP contribution >= 0.6 is 0 Å². The van der Waals surface area contributed by atoms with Gasteiger partial charge in [-0.2, -0.15) is 10.4 Å². The lowest BCUT2D eigenvalue weighted by molar-refractivity contribution is 0.0955. The molecule has 0 radical (unpaired) electrons. The van der Waals surface area contributed by atoms with E-state index in [1.165, 1.54) is 0 Å². The van der Waals surface area contributed by atoms with Crippen LogP contribution in [0.15, 0.2) is 121 Å². The van der Waals surface area contributed by atoms with Gasteiger partial charge in [0, 0.05) is 28.1 Å². The molecule has 218 valence electrons. The van der Waals surface area contributed by atoms with Crippen molar-refractivity contribution in [1.82, 2.24) is 9.99 Å². The number of benzene rings is 4. The van der Waals surface area contributed by atoms with E-state index in [1.807, 2.05) is 54.6 Å². The van der Waals surface area contributed by atoms with Crippen molar-refractivity contribution < 1.29 is 14.3 Å². The van der Waals surface area contributed by atoms with Crippen LogP contribution in [-0.4, -0.2) is 23.8 Å². The summed E-state index contributed by atoms with van der Waals surface area (Å²) >= 11 is 0. The number of rotatable bonds is 11. The number of methoxy groups -OCH3 is 1. The van der Waals surface area contributed by atoms with Gasteiger partial charge in [0.25, 0.3) is 5.91 Å². The normalized spacial score (nSPS) is 10.8. The van der Waals surface area contributed by atoms with Gasteiger partial charge in [-0.1, -0.05) is 54.6 Å². The molecule has 0 saturated heterocycles. The zero-order valence-corrected chi connectivity index (χ0v) is 24.7. The monoisotopic (exact) mass is 580 g/mol. The Morgan fingerprint density at radius 3 is 2.45 bits per heavy atom. The number of allylic oxidation sites excluding steroid dienone is 1. The number of hydrazone groups is 1. The third kappa shape index (κ3) is 6.61. The lowest BCUT2D eigenvalue weighted by atomic mass is 10.1. The number of aryl methyl sites for hydroxylation is 1. The number of nitrogens with one attached hydrogen (secondary N) is 1. The largest absolute Gasteiger partial charge is 0.493 e. The molecule has 44 heavy (non-hydrogen) atoms. The zero-order valence-electron chi connectivity index (χ0n) is 24.7. The molecule has 5 aromatic rings. The number of nitriles is 1. The number of ether oxygens (including phenoxy) is 2. The fraction of sp³-hybridized carbons (Fsp3) is 0.108. The van der Waals surface area contributed by atoms with Crippen molar-refractivity contribution in [3.63, 3.8) is 0 Å². The van der Waals surface area contributed by atoms with E-state index in [1.54, 1.807) is 43.7 Å².